The van der Waals surface area contributed by atoms with Gasteiger partial charge in [0.1, 0.15) is 0 Å². The lowest BCUT2D eigenvalue weighted by Gasteiger charge is -2.33. The molecule has 3 heterocycles. The van der Waals surface area contributed by atoms with Gasteiger partial charge in [-0.05, 0) is 48.6 Å². The Kier molecular flexibility index (Phi) is 4.43. The first kappa shape index (κ1) is 18.4. The fourth-order valence-electron chi connectivity index (χ4n) is 4.54. The number of carbonyl (C=O) groups excluding carboxylic acids is 1. The maximum absolute atomic E-state index is 12.5. The van der Waals surface area contributed by atoms with Crippen LogP contribution in [0, 0.1) is 6.92 Å². The van der Waals surface area contributed by atoms with Gasteiger partial charge in [0.25, 0.3) is 0 Å². The normalized spacial score (nSPS) is 18.6. The minimum absolute atomic E-state index is 0.00392. The first-order valence-corrected chi connectivity index (χ1v) is 11.0. The highest BCUT2D eigenvalue weighted by atomic mass is 32.1. The second-order valence-corrected chi connectivity index (χ2v) is 9.52. The van der Waals surface area contributed by atoms with Crippen molar-refractivity contribution < 1.29 is 4.79 Å². The van der Waals surface area contributed by atoms with Crippen LogP contribution in [0.15, 0.2) is 49.2 Å². The zero-order chi connectivity index (χ0) is 20.1. The Hall–Kier alpha value is -2.66. The summed E-state index contributed by atoms with van der Waals surface area (Å²) in [5.74, 6) is 0.753. The van der Waals surface area contributed by atoms with Crippen molar-refractivity contribution in [2.45, 2.75) is 38.1 Å². The first-order chi connectivity index (χ1) is 14.0. The molecule has 4 nitrogen and oxygen atoms in total. The molecule has 5 rings (SSSR count). The van der Waals surface area contributed by atoms with Gasteiger partial charge in [-0.25, -0.2) is 0 Å². The first-order valence-electron chi connectivity index (χ1n) is 10.2. The Balaban J connectivity index is 1.65. The molecule has 0 saturated heterocycles. The summed E-state index contributed by atoms with van der Waals surface area (Å²) < 4.78 is 1.94. The van der Waals surface area contributed by atoms with Crippen LogP contribution in [0.5, 0.6) is 0 Å². The highest BCUT2D eigenvalue weighted by Gasteiger charge is 2.34. The smallest absolute Gasteiger partial charge is 0.246 e. The van der Waals surface area contributed by atoms with E-state index in [1.54, 1.807) is 11.3 Å². The molecule has 1 aromatic carbocycles. The molecule has 1 amide bonds. The monoisotopic (exact) mass is 403 g/mol. The van der Waals surface area contributed by atoms with Crippen molar-refractivity contribution in [2.24, 2.45) is 7.05 Å². The van der Waals surface area contributed by atoms with Gasteiger partial charge in [0.15, 0.2) is 0 Å². The molecule has 2 aromatic heterocycles. The van der Waals surface area contributed by atoms with Crippen LogP contribution in [0.25, 0.3) is 11.1 Å². The number of rotatable bonds is 4. The molecule has 5 heteroatoms. The number of nitrogens with zero attached hydrogens (tertiary/aromatic N) is 3. The topological polar surface area (TPSA) is 38.1 Å². The van der Waals surface area contributed by atoms with Crippen molar-refractivity contribution in [3.8, 4) is 11.1 Å². The van der Waals surface area contributed by atoms with Crippen LogP contribution in [0.4, 0.5) is 0 Å². The average molecular weight is 404 g/mol. The van der Waals surface area contributed by atoms with E-state index in [9.17, 15) is 4.79 Å². The van der Waals surface area contributed by atoms with Crippen LogP contribution in [-0.2, 0) is 18.4 Å². The Bertz CT molecular complexity index is 1110. The molecule has 0 N–H and O–H groups in total. The second-order valence-electron chi connectivity index (χ2n) is 8.17. The molecule has 1 fully saturated rings. The predicted molar refractivity (Wildman–Crippen MR) is 117 cm³/mol. The van der Waals surface area contributed by atoms with E-state index in [4.69, 9.17) is 5.10 Å². The molecule has 2 aliphatic rings. The van der Waals surface area contributed by atoms with Gasteiger partial charge in [0, 0.05) is 46.9 Å². The summed E-state index contributed by atoms with van der Waals surface area (Å²) in [6, 6.07) is 11.0. The molecular weight excluding hydrogens is 378 g/mol. The zero-order valence-corrected chi connectivity index (χ0v) is 17.7. The van der Waals surface area contributed by atoms with E-state index in [2.05, 4.69) is 50.0 Å². The number of hydrogen-bond donors (Lipinski definition) is 0. The minimum Gasteiger partial charge on any atom is -0.333 e. The number of hydrogen-bond acceptors (Lipinski definition) is 3. The van der Waals surface area contributed by atoms with Gasteiger partial charge in [0.2, 0.25) is 5.91 Å². The molecule has 3 aromatic rings. The number of aryl methyl sites for hydroxylation is 2. The summed E-state index contributed by atoms with van der Waals surface area (Å²) in [5.41, 5.74) is 6.35. The third-order valence-electron chi connectivity index (χ3n) is 6.01. The zero-order valence-electron chi connectivity index (χ0n) is 16.9. The number of thiophene rings is 1. The Morgan fingerprint density at radius 2 is 2.03 bits per heavy atom. The standard InChI is InChI=1S/C24H25N3OS/c1-4-23(28)27-13-20(19-11-15(2)29-22(19)14-27)17-7-5-6-8-18(17)21-12-26(3)25-24(21)16-9-10-16/h4-8,11-12,16,20H,1,9-10,13-14H2,2-3H3/t20-/m1/s1. The fraction of sp³-hybridized carbons (Fsp3) is 0.333. The van der Waals surface area contributed by atoms with Gasteiger partial charge >= 0.3 is 0 Å². The summed E-state index contributed by atoms with van der Waals surface area (Å²) in [6.45, 7) is 7.22. The molecule has 0 spiro atoms. The van der Waals surface area contributed by atoms with Crippen molar-refractivity contribution >= 4 is 17.2 Å². The van der Waals surface area contributed by atoms with E-state index >= 15 is 0 Å². The molecule has 1 aliphatic heterocycles. The van der Waals surface area contributed by atoms with Gasteiger partial charge in [-0.15, -0.1) is 11.3 Å². The van der Waals surface area contributed by atoms with Gasteiger partial charge in [-0.1, -0.05) is 30.8 Å². The molecule has 148 valence electrons. The van der Waals surface area contributed by atoms with E-state index in [1.165, 1.54) is 56.6 Å². The Morgan fingerprint density at radius 1 is 1.24 bits per heavy atom. The lowest BCUT2D eigenvalue weighted by atomic mass is 9.83. The largest absolute Gasteiger partial charge is 0.333 e. The molecule has 0 radical (unpaired) electrons. The van der Waals surface area contributed by atoms with E-state index in [-0.39, 0.29) is 11.8 Å². The number of carbonyl (C=O) groups is 1. The maximum Gasteiger partial charge on any atom is 0.246 e. The molecule has 1 atom stereocenters. The quantitative estimate of drug-likeness (QED) is 0.575. The van der Waals surface area contributed by atoms with Crippen molar-refractivity contribution in [2.75, 3.05) is 6.54 Å². The van der Waals surface area contributed by atoms with Crippen molar-refractivity contribution in [1.29, 1.82) is 0 Å². The number of aromatic nitrogens is 2. The SMILES string of the molecule is C=CC(=O)N1Cc2sc(C)cc2[C@@H](c2ccccc2-c2cn(C)nc2C2CC2)C1. The van der Waals surface area contributed by atoms with Crippen molar-refractivity contribution in [3.05, 3.63) is 75.8 Å². The van der Waals surface area contributed by atoms with Gasteiger partial charge in [-0.2, -0.15) is 5.10 Å². The summed E-state index contributed by atoms with van der Waals surface area (Å²) >= 11 is 1.80. The maximum atomic E-state index is 12.5. The van der Waals surface area contributed by atoms with Crippen LogP contribution < -0.4 is 0 Å². The fourth-order valence-corrected chi connectivity index (χ4v) is 5.65. The van der Waals surface area contributed by atoms with Crippen molar-refractivity contribution in [3.63, 3.8) is 0 Å². The van der Waals surface area contributed by atoms with E-state index in [0.717, 1.165) is 0 Å². The Labute approximate surface area is 175 Å². The third-order valence-corrected chi connectivity index (χ3v) is 7.06. The summed E-state index contributed by atoms with van der Waals surface area (Å²) in [6.07, 6.45) is 6.04. The van der Waals surface area contributed by atoms with Gasteiger partial charge < -0.3 is 4.90 Å². The molecular formula is C24H25N3OS. The highest BCUT2D eigenvalue weighted by molar-refractivity contribution is 7.12. The summed E-state index contributed by atoms with van der Waals surface area (Å²) in [5, 5.41) is 4.78. The average Bonchev–Trinajstić information content (AvgIpc) is 3.39. The van der Waals surface area contributed by atoms with Crippen LogP contribution >= 0.6 is 11.3 Å². The number of fused-ring (bicyclic) bond motifs is 1. The minimum atomic E-state index is 0.00392. The summed E-state index contributed by atoms with van der Waals surface area (Å²) in [4.78, 5) is 17.0. The van der Waals surface area contributed by atoms with Gasteiger partial charge in [-0.3, -0.25) is 9.48 Å². The molecule has 1 saturated carbocycles. The van der Waals surface area contributed by atoms with Crippen LogP contribution in [0.2, 0.25) is 0 Å². The number of benzene rings is 1. The number of amides is 1. The molecule has 1 aliphatic carbocycles. The van der Waals surface area contributed by atoms with Crippen LogP contribution in [0.3, 0.4) is 0 Å². The summed E-state index contributed by atoms with van der Waals surface area (Å²) in [7, 11) is 2.00. The van der Waals surface area contributed by atoms with E-state index in [0.29, 0.717) is 19.0 Å². The van der Waals surface area contributed by atoms with E-state index in [1.807, 2.05) is 16.6 Å². The van der Waals surface area contributed by atoms with Crippen LogP contribution in [-0.4, -0.2) is 27.1 Å². The lowest BCUT2D eigenvalue weighted by molar-refractivity contribution is -0.127. The second kappa shape index (κ2) is 6.99. The molecule has 0 unspecified atom stereocenters. The van der Waals surface area contributed by atoms with Crippen molar-refractivity contribution in [1.82, 2.24) is 14.7 Å². The predicted octanol–water partition coefficient (Wildman–Crippen LogP) is 4.99. The lowest BCUT2D eigenvalue weighted by Crippen LogP contribution is -2.37. The van der Waals surface area contributed by atoms with E-state index < -0.39 is 0 Å². The van der Waals surface area contributed by atoms with Gasteiger partial charge in [0.05, 0.1) is 12.2 Å². The third kappa shape index (κ3) is 3.23. The van der Waals surface area contributed by atoms with Crippen LogP contribution in [0.1, 0.15) is 51.3 Å². The Morgan fingerprint density at radius 3 is 2.79 bits per heavy atom. The highest BCUT2D eigenvalue weighted by Crippen LogP contribution is 2.46. The molecule has 29 heavy (non-hydrogen) atoms. The molecule has 0 bridgehead atoms.